The number of Topliss-reactive ketones (excluding diaryl/α,β-unsaturated/α-hetero) is 2. The molecule has 0 spiro atoms. The molecule has 0 amide bonds. The first kappa shape index (κ1) is 28.2. The third-order valence-electron chi connectivity index (χ3n) is 5.32. The summed E-state index contributed by atoms with van der Waals surface area (Å²) < 4.78 is 31.1. The number of hydrogen-bond acceptors (Lipinski definition) is 10. The number of ketones is 2. The summed E-state index contributed by atoms with van der Waals surface area (Å²) in [5.41, 5.74) is 0.0280. The number of carbonyl (C=O) groups excluding carboxylic acids is 4. The predicted octanol–water partition coefficient (Wildman–Crippen LogP) is 3.15. The first-order chi connectivity index (χ1) is 17.3. The van der Waals surface area contributed by atoms with Crippen molar-refractivity contribution in [3.05, 3.63) is 47.5 Å². The van der Waals surface area contributed by atoms with E-state index in [1.165, 1.54) is 64.8 Å². The van der Waals surface area contributed by atoms with Crippen LogP contribution in [-0.2, 0) is 19.1 Å². The molecule has 0 fully saturated rings. The van der Waals surface area contributed by atoms with E-state index < -0.39 is 35.3 Å². The van der Waals surface area contributed by atoms with E-state index in [1.807, 2.05) is 0 Å². The van der Waals surface area contributed by atoms with Crippen molar-refractivity contribution in [3.63, 3.8) is 0 Å². The molecule has 0 N–H and O–H groups in total. The molecule has 2 atom stereocenters. The van der Waals surface area contributed by atoms with Crippen LogP contribution in [0.25, 0.3) is 0 Å². The van der Waals surface area contributed by atoms with Crippen LogP contribution in [0, 0.1) is 11.8 Å². The van der Waals surface area contributed by atoms with Crippen molar-refractivity contribution in [2.75, 3.05) is 41.7 Å². The maximum atomic E-state index is 13.6. The van der Waals surface area contributed by atoms with E-state index in [2.05, 4.69) is 0 Å². The Labute approximate surface area is 209 Å². The number of esters is 2. The van der Waals surface area contributed by atoms with Gasteiger partial charge in [0.2, 0.25) is 0 Å². The van der Waals surface area contributed by atoms with Crippen molar-refractivity contribution >= 4 is 23.5 Å². The highest BCUT2D eigenvalue weighted by Crippen LogP contribution is 2.33. The Bertz CT molecular complexity index is 1020. The summed E-state index contributed by atoms with van der Waals surface area (Å²) in [4.78, 5) is 53.4. The average Bonchev–Trinajstić information content (AvgIpc) is 2.90. The Morgan fingerprint density at radius 3 is 1.19 bits per heavy atom. The molecule has 0 aromatic heterocycles. The van der Waals surface area contributed by atoms with Crippen LogP contribution in [0.15, 0.2) is 36.4 Å². The molecular formula is C26H30O10. The molecule has 0 aliphatic carbocycles. The van der Waals surface area contributed by atoms with Crippen LogP contribution < -0.4 is 18.9 Å². The zero-order valence-corrected chi connectivity index (χ0v) is 21.1. The van der Waals surface area contributed by atoms with Crippen LogP contribution in [0.3, 0.4) is 0 Å². The molecule has 10 nitrogen and oxygen atoms in total. The minimum Gasteiger partial charge on any atom is -0.493 e. The molecule has 0 radical (unpaired) electrons. The number of hydrogen-bond donors (Lipinski definition) is 0. The van der Waals surface area contributed by atoms with Gasteiger partial charge in [0.1, 0.15) is 11.8 Å². The fraction of sp³-hybridized carbons (Fsp3) is 0.385. The average molecular weight is 503 g/mol. The normalized spacial score (nSPS) is 12.1. The van der Waals surface area contributed by atoms with E-state index in [4.69, 9.17) is 28.4 Å². The lowest BCUT2D eigenvalue weighted by Gasteiger charge is -2.23. The second-order valence-corrected chi connectivity index (χ2v) is 7.33. The summed E-state index contributed by atoms with van der Waals surface area (Å²) >= 11 is 0. The second-order valence-electron chi connectivity index (χ2n) is 7.33. The fourth-order valence-electron chi connectivity index (χ4n) is 3.59. The predicted molar refractivity (Wildman–Crippen MR) is 128 cm³/mol. The van der Waals surface area contributed by atoms with Gasteiger partial charge in [0.15, 0.2) is 34.6 Å². The summed E-state index contributed by atoms with van der Waals surface area (Å²) in [6.45, 7) is 2.94. The topological polar surface area (TPSA) is 124 Å². The smallest absolute Gasteiger partial charge is 0.318 e. The maximum absolute atomic E-state index is 13.6. The van der Waals surface area contributed by atoms with Gasteiger partial charge < -0.3 is 28.4 Å². The molecule has 0 aliphatic heterocycles. The number of methoxy groups -OCH3 is 4. The first-order valence-corrected chi connectivity index (χ1v) is 11.1. The maximum Gasteiger partial charge on any atom is 0.318 e. The summed E-state index contributed by atoms with van der Waals surface area (Å²) in [5, 5.41) is 0. The van der Waals surface area contributed by atoms with E-state index in [9.17, 15) is 19.2 Å². The van der Waals surface area contributed by atoms with Crippen molar-refractivity contribution in [2.24, 2.45) is 11.8 Å². The zero-order chi connectivity index (χ0) is 26.8. The number of ether oxygens (including phenoxy) is 6. The third-order valence-corrected chi connectivity index (χ3v) is 5.32. The van der Waals surface area contributed by atoms with Gasteiger partial charge in [-0.15, -0.1) is 0 Å². The van der Waals surface area contributed by atoms with Crippen LogP contribution in [0.5, 0.6) is 23.0 Å². The van der Waals surface area contributed by atoms with Gasteiger partial charge in [0, 0.05) is 11.1 Å². The zero-order valence-electron chi connectivity index (χ0n) is 21.1. The van der Waals surface area contributed by atoms with Crippen molar-refractivity contribution in [3.8, 4) is 23.0 Å². The standard InChI is InChI=1S/C26H30O10/c1-7-35-25(29)21(23(27)15-9-11-17(31-3)19(13-15)33-5)22(26(30)36-8-2)24(28)16-10-12-18(32-4)20(14-16)34-6/h9-14,21-22H,7-8H2,1-6H3/t21-,22-/m1/s1. The Morgan fingerprint density at radius 1 is 0.583 bits per heavy atom. The minimum atomic E-state index is -1.82. The number of benzene rings is 2. The molecule has 2 rings (SSSR count). The largest absolute Gasteiger partial charge is 0.493 e. The SMILES string of the molecule is CCOC(=O)[C@@H](C(=O)c1ccc(OC)c(OC)c1)[C@@H](C(=O)OCC)C(=O)c1ccc(OC)c(OC)c1. The van der Waals surface area contributed by atoms with Gasteiger partial charge in [-0.1, -0.05) is 0 Å². The number of rotatable bonds is 13. The van der Waals surface area contributed by atoms with E-state index in [-0.39, 0.29) is 35.8 Å². The fourth-order valence-corrected chi connectivity index (χ4v) is 3.59. The first-order valence-electron chi connectivity index (χ1n) is 11.1. The Morgan fingerprint density at radius 2 is 0.917 bits per heavy atom. The number of carbonyl (C=O) groups is 4. The van der Waals surface area contributed by atoms with Gasteiger partial charge >= 0.3 is 11.9 Å². The molecular weight excluding hydrogens is 472 g/mol. The van der Waals surface area contributed by atoms with Crippen LogP contribution in [0.1, 0.15) is 34.6 Å². The molecule has 10 heteroatoms. The molecule has 0 unspecified atom stereocenters. The highest BCUT2D eigenvalue weighted by molar-refractivity contribution is 6.19. The van der Waals surface area contributed by atoms with E-state index in [1.54, 1.807) is 13.8 Å². The van der Waals surface area contributed by atoms with Gasteiger partial charge in [-0.3, -0.25) is 19.2 Å². The summed E-state index contributed by atoms with van der Waals surface area (Å²) in [6, 6.07) is 8.47. The monoisotopic (exact) mass is 502 g/mol. The Balaban J connectivity index is 2.66. The van der Waals surface area contributed by atoms with Gasteiger partial charge in [0.05, 0.1) is 41.7 Å². The summed E-state index contributed by atoms with van der Waals surface area (Å²) in [5.74, 6) is -6.19. The van der Waals surface area contributed by atoms with Gasteiger partial charge in [-0.25, -0.2) is 0 Å². The molecule has 194 valence electrons. The summed E-state index contributed by atoms with van der Waals surface area (Å²) in [7, 11) is 5.63. The van der Waals surface area contributed by atoms with Crippen LogP contribution in [0.4, 0.5) is 0 Å². The van der Waals surface area contributed by atoms with E-state index in [0.29, 0.717) is 11.5 Å². The van der Waals surface area contributed by atoms with Crippen molar-refractivity contribution in [1.82, 2.24) is 0 Å². The molecule has 2 aromatic carbocycles. The lowest BCUT2D eigenvalue weighted by atomic mass is 9.80. The van der Waals surface area contributed by atoms with Crippen molar-refractivity contribution < 1.29 is 47.6 Å². The molecule has 0 aliphatic rings. The Kier molecular flexibility index (Phi) is 10.3. The van der Waals surface area contributed by atoms with Gasteiger partial charge in [-0.2, -0.15) is 0 Å². The molecule has 2 aromatic rings. The third kappa shape index (κ3) is 6.12. The van der Waals surface area contributed by atoms with Crippen molar-refractivity contribution in [2.45, 2.75) is 13.8 Å². The highest BCUT2D eigenvalue weighted by Gasteiger charge is 2.46. The quantitative estimate of drug-likeness (QED) is 0.229. The minimum absolute atomic E-state index is 0.0140. The van der Waals surface area contributed by atoms with Crippen molar-refractivity contribution in [1.29, 1.82) is 0 Å². The lowest BCUT2D eigenvalue weighted by molar-refractivity contribution is -0.156. The van der Waals surface area contributed by atoms with Crippen LogP contribution >= 0.6 is 0 Å². The van der Waals surface area contributed by atoms with Gasteiger partial charge in [-0.05, 0) is 50.2 Å². The van der Waals surface area contributed by atoms with Crippen LogP contribution in [-0.4, -0.2) is 65.2 Å². The second kappa shape index (κ2) is 13.1. The lowest BCUT2D eigenvalue weighted by Crippen LogP contribution is -2.42. The Hall–Kier alpha value is -4.08. The van der Waals surface area contributed by atoms with Gasteiger partial charge in [0.25, 0.3) is 0 Å². The van der Waals surface area contributed by atoms with Crippen LogP contribution in [0.2, 0.25) is 0 Å². The molecule has 36 heavy (non-hydrogen) atoms. The van der Waals surface area contributed by atoms with E-state index >= 15 is 0 Å². The summed E-state index contributed by atoms with van der Waals surface area (Å²) in [6.07, 6.45) is 0. The highest BCUT2D eigenvalue weighted by atomic mass is 16.5. The molecule has 0 saturated heterocycles. The van der Waals surface area contributed by atoms with E-state index in [0.717, 1.165) is 0 Å². The molecule has 0 saturated carbocycles. The molecule has 0 bridgehead atoms. The molecule has 0 heterocycles.